The smallest absolute Gasteiger partial charge is 0.263 e. The molecule has 2 N–H and O–H groups in total. The van der Waals surface area contributed by atoms with Gasteiger partial charge in [-0.1, -0.05) is 47.2 Å². The molecular weight excluding hydrogens is 594 g/mol. The minimum atomic E-state index is -0.365. The Bertz CT molecular complexity index is 1100. The zero-order valence-corrected chi connectivity index (χ0v) is 21.3. The molecule has 0 bridgehead atoms. The Labute approximate surface area is 212 Å². The summed E-state index contributed by atoms with van der Waals surface area (Å²) in [6.07, 6.45) is 1.73. The quantitative estimate of drug-likeness (QED) is 0.245. The van der Waals surface area contributed by atoms with Crippen molar-refractivity contribution in [2.75, 3.05) is 18.5 Å². The van der Waals surface area contributed by atoms with Crippen LogP contribution in [0.2, 0.25) is 10.0 Å². The van der Waals surface area contributed by atoms with Gasteiger partial charge in [0.25, 0.3) is 11.8 Å². The molecule has 2 aromatic carbocycles. The number of rotatable bonds is 7. The fourth-order valence-electron chi connectivity index (χ4n) is 2.56. The lowest BCUT2D eigenvalue weighted by atomic mass is 10.2. The summed E-state index contributed by atoms with van der Waals surface area (Å²) in [6.45, 7) is 2.02. The van der Waals surface area contributed by atoms with Crippen molar-refractivity contribution in [1.82, 2.24) is 5.32 Å². The maximum absolute atomic E-state index is 12.3. The molecular formula is C20H15Cl2IN2O4S2. The lowest BCUT2D eigenvalue weighted by Gasteiger charge is -2.15. The molecule has 0 radical (unpaired) electrons. The Morgan fingerprint density at radius 1 is 1.26 bits per heavy atom. The van der Waals surface area contributed by atoms with Crippen LogP contribution in [0.25, 0.3) is 6.08 Å². The molecule has 1 aliphatic heterocycles. The SMILES string of the molecule is CCOc1cc(/C=C2/SC(=S)NC2=O)cc(I)c1OCC(=O)Nc1ccc(Cl)c(Cl)c1. The Morgan fingerprint density at radius 3 is 2.68 bits per heavy atom. The van der Waals surface area contributed by atoms with E-state index in [1.165, 1.54) is 11.8 Å². The number of anilines is 1. The number of thiocarbonyl (C=S) groups is 1. The minimum Gasteiger partial charge on any atom is -0.490 e. The molecule has 1 heterocycles. The van der Waals surface area contributed by atoms with Gasteiger partial charge < -0.3 is 20.1 Å². The molecule has 0 aromatic heterocycles. The molecule has 0 unspecified atom stereocenters. The van der Waals surface area contributed by atoms with Crippen molar-refractivity contribution in [2.45, 2.75) is 6.92 Å². The van der Waals surface area contributed by atoms with Crippen LogP contribution >= 0.6 is 69.8 Å². The van der Waals surface area contributed by atoms with Crippen LogP contribution in [-0.4, -0.2) is 29.3 Å². The first kappa shape index (κ1) is 24.1. The van der Waals surface area contributed by atoms with E-state index >= 15 is 0 Å². The molecule has 2 aromatic rings. The molecule has 6 nitrogen and oxygen atoms in total. The monoisotopic (exact) mass is 608 g/mol. The van der Waals surface area contributed by atoms with Gasteiger partial charge in [0.15, 0.2) is 18.1 Å². The number of thioether (sulfide) groups is 1. The number of amides is 2. The van der Waals surface area contributed by atoms with Crippen LogP contribution in [0.3, 0.4) is 0 Å². The number of hydrogen-bond acceptors (Lipinski definition) is 6. The van der Waals surface area contributed by atoms with Crippen molar-refractivity contribution in [1.29, 1.82) is 0 Å². The van der Waals surface area contributed by atoms with Gasteiger partial charge in [0.05, 0.1) is 25.1 Å². The van der Waals surface area contributed by atoms with Gasteiger partial charge in [0.1, 0.15) is 4.32 Å². The second-order valence-corrected chi connectivity index (χ2v) is 9.78. The molecule has 0 atom stereocenters. The second-order valence-electron chi connectivity index (χ2n) is 6.08. The van der Waals surface area contributed by atoms with Crippen LogP contribution in [0.1, 0.15) is 12.5 Å². The summed E-state index contributed by atoms with van der Waals surface area (Å²) in [4.78, 5) is 24.7. The highest BCUT2D eigenvalue weighted by molar-refractivity contribution is 14.1. The zero-order chi connectivity index (χ0) is 22.5. The Morgan fingerprint density at radius 2 is 2.03 bits per heavy atom. The lowest BCUT2D eigenvalue weighted by Crippen LogP contribution is -2.20. The van der Waals surface area contributed by atoms with Gasteiger partial charge in [-0.25, -0.2) is 0 Å². The number of hydrogen-bond donors (Lipinski definition) is 2. The molecule has 1 fully saturated rings. The molecule has 3 rings (SSSR count). The van der Waals surface area contributed by atoms with Crippen molar-refractivity contribution in [3.8, 4) is 11.5 Å². The Hall–Kier alpha value is -1.53. The number of ether oxygens (including phenoxy) is 2. The summed E-state index contributed by atoms with van der Waals surface area (Å²) >= 11 is 20.2. The zero-order valence-electron chi connectivity index (χ0n) is 16.0. The van der Waals surface area contributed by atoms with Crippen molar-refractivity contribution in [3.63, 3.8) is 0 Å². The summed E-state index contributed by atoms with van der Waals surface area (Å²) in [5, 5.41) is 6.02. The van der Waals surface area contributed by atoms with Gasteiger partial charge in [-0.3, -0.25) is 9.59 Å². The first-order valence-corrected chi connectivity index (χ1v) is 11.9. The van der Waals surface area contributed by atoms with Gasteiger partial charge in [0, 0.05) is 5.69 Å². The van der Waals surface area contributed by atoms with Crippen LogP contribution < -0.4 is 20.1 Å². The summed E-state index contributed by atoms with van der Waals surface area (Å²) in [5.41, 5.74) is 1.26. The Kier molecular flexibility index (Phi) is 8.45. The van der Waals surface area contributed by atoms with Crippen LogP contribution in [0.4, 0.5) is 5.69 Å². The fourth-order valence-corrected chi connectivity index (χ4v) is 4.68. The minimum absolute atomic E-state index is 0.233. The predicted octanol–water partition coefficient (Wildman–Crippen LogP) is 5.50. The highest BCUT2D eigenvalue weighted by Gasteiger charge is 2.22. The van der Waals surface area contributed by atoms with Crippen molar-refractivity contribution >= 4 is 97.7 Å². The summed E-state index contributed by atoms with van der Waals surface area (Å²) < 4.78 is 12.6. The summed E-state index contributed by atoms with van der Waals surface area (Å²) in [7, 11) is 0. The van der Waals surface area contributed by atoms with Crippen LogP contribution in [0, 0.1) is 3.57 Å². The van der Waals surface area contributed by atoms with Crippen LogP contribution in [0.5, 0.6) is 11.5 Å². The van der Waals surface area contributed by atoms with Crippen molar-refractivity contribution in [3.05, 3.63) is 54.4 Å². The van der Waals surface area contributed by atoms with Gasteiger partial charge in [-0.2, -0.15) is 0 Å². The summed E-state index contributed by atoms with van der Waals surface area (Å²) in [5.74, 6) is 0.306. The molecule has 0 saturated carbocycles. The highest BCUT2D eigenvalue weighted by Crippen LogP contribution is 2.36. The van der Waals surface area contributed by atoms with E-state index in [0.717, 1.165) is 9.13 Å². The summed E-state index contributed by atoms with van der Waals surface area (Å²) in [6, 6.07) is 8.38. The van der Waals surface area contributed by atoms with E-state index in [1.54, 1.807) is 30.3 Å². The van der Waals surface area contributed by atoms with Crippen molar-refractivity contribution < 1.29 is 19.1 Å². The predicted molar refractivity (Wildman–Crippen MR) is 137 cm³/mol. The fraction of sp³-hybridized carbons (Fsp3) is 0.150. The third-order valence-corrected chi connectivity index (χ3v) is 6.53. The first-order valence-electron chi connectivity index (χ1n) is 8.85. The Balaban J connectivity index is 1.75. The van der Waals surface area contributed by atoms with E-state index in [2.05, 4.69) is 33.2 Å². The van der Waals surface area contributed by atoms with E-state index in [0.29, 0.717) is 43.1 Å². The van der Waals surface area contributed by atoms with Gasteiger partial charge in [0.2, 0.25) is 0 Å². The van der Waals surface area contributed by atoms with E-state index in [-0.39, 0.29) is 18.4 Å². The molecule has 1 aliphatic rings. The number of carbonyl (C=O) groups excluding carboxylic acids is 2. The van der Waals surface area contributed by atoms with Crippen molar-refractivity contribution in [2.24, 2.45) is 0 Å². The molecule has 31 heavy (non-hydrogen) atoms. The van der Waals surface area contributed by atoms with Gasteiger partial charge in [-0.05, 0) is 71.5 Å². The molecule has 1 saturated heterocycles. The van der Waals surface area contributed by atoms with E-state index in [4.69, 9.17) is 44.9 Å². The third-order valence-electron chi connectivity index (χ3n) is 3.82. The van der Waals surface area contributed by atoms with Gasteiger partial charge >= 0.3 is 0 Å². The van der Waals surface area contributed by atoms with E-state index in [1.807, 2.05) is 13.0 Å². The normalized spacial score (nSPS) is 14.5. The average Bonchev–Trinajstić information content (AvgIpc) is 3.01. The van der Waals surface area contributed by atoms with Crippen LogP contribution in [-0.2, 0) is 9.59 Å². The number of carbonyl (C=O) groups is 2. The largest absolute Gasteiger partial charge is 0.490 e. The second kappa shape index (κ2) is 10.9. The maximum Gasteiger partial charge on any atom is 0.263 e. The molecule has 0 spiro atoms. The van der Waals surface area contributed by atoms with E-state index in [9.17, 15) is 9.59 Å². The lowest BCUT2D eigenvalue weighted by molar-refractivity contribution is -0.118. The number of nitrogens with one attached hydrogen (secondary N) is 2. The molecule has 2 amide bonds. The molecule has 11 heteroatoms. The number of halogens is 3. The average molecular weight is 609 g/mol. The third kappa shape index (κ3) is 6.48. The molecule has 162 valence electrons. The topological polar surface area (TPSA) is 76.7 Å². The van der Waals surface area contributed by atoms with Gasteiger partial charge in [-0.15, -0.1) is 0 Å². The van der Waals surface area contributed by atoms with Crippen LogP contribution in [0.15, 0.2) is 35.2 Å². The standard InChI is InChI=1S/C20H15Cl2IN2O4S2/c1-2-28-15-6-10(7-16-19(27)25-20(30)31-16)5-14(23)18(15)29-9-17(26)24-11-3-4-12(21)13(22)8-11/h3-8H,2,9H2,1H3,(H,24,26)(H,25,27,30)/b16-7+. The first-order chi connectivity index (χ1) is 14.8. The van der Waals surface area contributed by atoms with E-state index < -0.39 is 0 Å². The number of benzene rings is 2. The highest BCUT2D eigenvalue weighted by atomic mass is 127. The molecule has 0 aliphatic carbocycles. The maximum atomic E-state index is 12.3.